The van der Waals surface area contributed by atoms with Crippen LogP contribution in [-0.2, 0) is 11.3 Å². The highest BCUT2D eigenvalue weighted by molar-refractivity contribution is 5.81. The summed E-state index contributed by atoms with van der Waals surface area (Å²) >= 11 is 0. The number of carbonyl (C=O) groups is 1. The van der Waals surface area contributed by atoms with Crippen LogP contribution in [0.1, 0.15) is 31.7 Å². The molecule has 162 valence electrons. The van der Waals surface area contributed by atoms with E-state index >= 15 is 0 Å². The molecule has 0 N–H and O–H groups in total. The summed E-state index contributed by atoms with van der Waals surface area (Å²) < 4.78 is 10.5. The summed E-state index contributed by atoms with van der Waals surface area (Å²) in [7, 11) is 1.63. The van der Waals surface area contributed by atoms with Gasteiger partial charge in [-0.05, 0) is 43.9 Å². The van der Waals surface area contributed by atoms with E-state index < -0.39 is 0 Å². The van der Waals surface area contributed by atoms with Crippen LogP contribution in [0, 0.1) is 0 Å². The summed E-state index contributed by atoms with van der Waals surface area (Å²) in [6.45, 7) is 8.17. The molecule has 8 heteroatoms. The lowest BCUT2D eigenvalue weighted by Gasteiger charge is -2.34. The molecule has 0 aliphatic carbocycles. The summed E-state index contributed by atoms with van der Waals surface area (Å²) in [5.74, 6) is 1.59. The quantitative estimate of drug-likeness (QED) is 0.746. The lowest BCUT2D eigenvalue weighted by Crippen LogP contribution is -2.48. The summed E-state index contributed by atoms with van der Waals surface area (Å²) in [5.41, 5.74) is 1.96. The van der Waals surface area contributed by atoms with Crippen molar-refractivity contribution in [2.45, 2.75) is 32.7 Å². The summed E-state index contributed by atoms with van der Waals surface area (Å²) in [6.07, 6.45) is 3.48. The molecule has 2 aliphatic rings. The number of amides is 1. The Kier molecular flexibility index (Phi) is 6.52. The van der Waals surface area contributed by atoms with E-state index in [-0.39, 0.29) is 6.09 Å². The predicted molar refractivity (Wildman–Crippen MR) is 116 cm³/mol. The number of piperazine rings is 1. The predicted octanol–water partition coefficient (Wildman–Crippen LogP) is 2.90. The van der Waals surface area contributed by atoms with Crippen LogP contribution in [0.5, 0.6) is 5.88 Å². The second-order valence-corrected chi connectivity index (χ2v) is 7.87. The molecule has 30 heavy (non-hydrogen) atoms. The van der Waals surface area contributed by atoms with Gasteiger partial charge in [0.1, 0.15) is 5.82 Å². The van der Waals surface area contributed by atoms with Crippen LogP contribution >= 0.6 is 0 Å². The summed E-state index contributed by atoms with van der Waals surface area (Å²) in [5, 5.41) is 1.06. The number of hydrogen-bond donors (Lipinski definition) is 0. The van der Waals surface area contributed by atoms with E-state index in [1.54, 1.807) is 12.0 Å². The largest absolute Gasteiger partial charge is 0.481 e. The Bertz CT molecular complexity index is 876. The number of rotatable bonds is 5. The summed E-state index contributed by atoms with van der Waals surface area (Å²) in [6, 6.07) is 6.17. The first-order valence-corrected chi connectivity index (χ1v) is 10.9. The van der Waals surface area contributed by atoms with E-state index in [0.717, 1.165) is 49.6 Å². The van der Waals surface area contributed by atoms with Crippen LogP contribution in [0.25, 0.3) is 11.0 Å². The van der Waals surface area contributed by atoms with Gasteiger partial charge in [-0.15, -0.1) is 0 Å². The molecule has 2 saturated heterocycles. The SMILES string of the molecule is CCOC(=O)N1CCN(Cc2cc(N3CCCCC3)nc3nc(OC)ccc23)CC1. The minimum Gasteiger partial charge on any atom is -0.481 e. The van der Waals surface area contributed by atoms with E-state index in [1.165, 1.54) is 24.8 Å². The highest BCUT2D eigenvalue weighted by Crippen LogP contribution is 2.27. The van der Waals surface area contributed by atoms with Crippen LogP contribution in [0.3, 0.4) is 0 Å². The Morgan fingerprint density at radius 3 is 2.50 bits per heavy atom. The Balaban J connectivity index is 1.55. The van der Waals surface area contributed by atoms with Crippen molar-refractivity contribution in [2.75, 3.05) is 57.9 Å². The third-order valence-electron chi connectivity index (χ3n) is 5.90. The van der Waals surface area contributed by atoms with Gasteiger partial charge < -0.3 is 19.3 Å². The zero-order chi connectivity index (χ0) is 20.9. The van der Waals surface area contributed by atoms with E-state index in [2.05, 4.69) is 26.9 Å². The number of ether oxygens (including phenoxy) is 2. The molecule has 4 rings (SSSR count). The number of anilines is 1. The molecule has 0 aromatic carbocycles. The van der Waals surface area contributed by atoms with Crippen molar-refractivity contribution in [1.82, 2.24) is 19.8 Å². The monoisotopic (exact) mass is 413 g/mol. The van der Waals surface area contributed by atoms with Crippen molar-refractivity contribution < 1.29 is 14.3 Å². The van der Waals surface area contributed by atoms with Crippen LogP contribution in [0.15, 0.2) is 18.2 Å². The normalized spacial score (nSPS) is 17.9. The van der Waals surface area contributed by atoms with Crippen LogP contribution in [-0.4, -0.2) is 78.8 Å². The lowest BCUT2D eigenvalue weighted by molar-refractivity contribution is 0.0779. The minimum atomic E-state index is -0.213. The van der Waals surface area contributed by atoms with Gasteiger partial charge in [0.05, 0.1) is 13.7 Å². The molecule has 2 fully saturated rings. The van der Waals surface area contributed by atoms with Crippen LogP contribution in [0.4, 0.5) is 10.6 Å². The standard InChI is InChI=1S/C22H31N5O3/c1-3-30-22(28)27-13-11-25(12-14-27)16-17-15-19(26-9-5-4-6-10-26)23-21-18(17)7-8-20(24-21)29-2/h7-8,15H,3-6,9-14,16H2,1-2H3. The maximum Gasteiger partial charge on any atom is 0.409 e. The van der Waals surface area contributed by atoms with Gasteiger partial charge in [0.2, 0.25) is 5.88 Å². The number of nitrogens with zero attached hydrogens (tertiary/aromatic N) is 5. The maximum atomic E-state index is 12.0. The molecule has 1 amide bonds. The fourth-order valence-electron chi connectivity index (χ4n) is 4.21. The number of fused-ring (bicyclic) bond motifs is 1. The molecule has 0 atom stereocenters. The molecule has 8 nitrogen and oxygen atoms in total. The summed E-state index contributed by atoms with van der Waals surface area (Å²) in [4.78, 5) is 28.0. The number of carbonyl (C=O) groups excluding carboxylic acids is 1. The highest BCUT2D eigenvalue weighted by Gasteiger charge is 2.23. The van der Waals surface area contributed by atoms with Gasteiger partial charge in [-0.3, -0.25) is 4.90 Å². The molecule has 0 bridgehead atoms. The smallest absolute Gasteiger partial charge is 0.409 e. The average molecular weight is 414 g/mol. The minimum absolute atomic E-state index is 0.213. The molecule has 0 spiro atoms. The van der Waals surface area contributed by atoms with Gasteiger partial charge in [0.15, 0.2) is 5.65 Å². The van der Waals surface area contributed by atoms with E-state index in [1.807, 2.05) is 13.0 Å². The van der Waals surface area contributed by atoms with Gasteiger partial charge in [0.25, 0.3) is 0 Å². The second kappa shape index (κ2) is 9.47. The molecule has 0 saturated carbocycles. The number of methoxy groups -OCH3 is 1. The fraction of sp³-hybridized carbons (Fsp3) is 0.591. The van der Waals surface area contributed by atoms with E-state index in [0.29, 0.717) is 25.6 Å². The average Bonchev–Trinajstić information content (AvgIpc) is 2.79. The molecular formula is C22H31N5O3. The van der Waals surface area contributed by atoms with Crippen molar-refractivity contribution in [3.05, 3.63) is 23.8 Å². The molecule has 2 aromatic rings. The van der Waals surface area contributed by atoms with Gasteiger partial charge in [0, 0.05) is 57.3 Å². The number of aromatic nitrogens is 2. The molecule has 0 unspecified atom stereocenters. The first-order valence-electron chi connectivity index (χ1n) is 10.9. The Labute approximate surface area is 177 Å². The van der Waals surface area contributed by atoms with Crippen molar-refractivity contribution in [1.29, 1.82) is 0 Å². The zero-order valence-electron chi connectivity index (χ0n) is 18.0. The van der Waals surface area contributed by atoms with Crippen LogP contribution in [0.2, 0.25) is 0 Å². The Hall–Kier alpha value is -2.61. The second-order valence-electron chi connectivity index (χ2n) is 7.87. The topological polar surface area (TPSA) is 71.0 Å². The van der Waals surface area contributed by atoms with Crippen molar-refractivity contribution in [3.63, 3.8) is 0 Å². The van der Waals surface area contributed by atoms with Gasteiger partial charge in [-0.2, -0.15) is 4.98 Å². The highest BCUT2D eigenvalue weighted by atomic mass is 16.6. The van der Waals surface area contributed by atoms with Gasteiger partial charge in [-0.1, -0.05) is 0 Å². The molecular weight excluding hydrogens is 382 g/mol. The third-order valence-corrected chi connectivity index (χ3v) is 5.90. The fourth-order valence-corrected chi connectivity index (χ4v) is 4.21. The molecule has 0 radical (unpaired) electrons. The number of piperidine rings is 1. The third kappa shape index (κ3) is 4.59. The molecule has 2 aromatic heterocycles. The van der Waals surface area contributed by atoms with Gasteiger partial charge >= 0.3 is 6.09 Å². The molecule has 4 heterocycles. The van der Waals surface area contributed by atoms with E-state index in [9.17, 15) is 4.79 Å². The molecule has 2 aliphatic heterocycles. The van der Waals surface area contributed by atoms with Crippen molar-refractivity contribution in [2.24, 2.45) is 0 Å². The first kappa shape index (κ1) is 20.7. The van der Waals surface area contributed by atoms with E-state index in [4.69, 9.17) is 14.5 Å². The Morgan fingerprint density at radius 1 is 1.03 bits per heavy atom. The van der Waals surface area contributed by atoms with Crippen LogP contribution < -0.4 is 9.64 Å². The zero-order valence-corrected chi connectivity index (χ0v) is 18.0. The lowest BCUT2D eigenvalue weighted by atomic mass is 10.1. The van der Waals surface area contributed by atoms with Crippen molar-refractivity contribution in [3.8, 4) is 5.88 Å². The maximum absolute atomic E-state index is 12.0. The Morgan fingerprint density at radius 2 is 1.80 bits per heavy atom. The first-order chi connectivity index (χ1) is 14.7. The van der Waals surface area contributed by atoms with Crippen molar-refractivity contribution >= 4 is 22.9 Å². The van der Waals surface area contributed by atoms with Gasteiger partial charge in [-0.25, -0.2) is 9.78 Å². The number of hydrogen-bond acceptors (Lipinski definition) is 7. The number of pyridine rings is 2.